The second kappa shape index (κ2) is 14.2. The second-order valence-electron chi connectivity index (χ2n) is 7.76. The second-order valence-corrected chi connectivity index (χ2v) is 9.59. The number of ether oxygens (including phenoxy) is 1. The molecule has 0 aromatic carbocycles. The normalized spacial score (nSPS) is 12.7. The van der Waals surface area contributed by atoms with Crippen LogP contribution in [0.15, 0.2) is 4.99 Å². The van der Waals surface area contributed by atoms with Gasteiger partial charge in [-0.15, -0.1) is 24.0 Å². The minimum Gasteiger partial charge on any atom is -0.444 e. The van der Waals surface area contributed by atoms with Crippen LogP contribution in [0.4, 0.5) is 4.79 Å². The van der Waals surface area contributed by atoms with Crippen molar-refractivity contribution >= 4 is 46.1 Å². The Bertz CT molecular complexity index is 602. The summed E-state index contributed by atoms with van der Waals surface area (Å²) in [5.41, 5.74) is -1.06. The average molecular weight is 550 g/mol. The van der Waals surface area contributed by atoms with E-state index in [1.807, 2.05) is 41.5 Å². The molecule has 0 aliphatic carbocycles. The Morgan fingerprint density at radius 3 is 2.07 bits per heavy atom. The summed E-state index contributed by atoms with van der Waals surface area (Å²) in [5, 5.41) is 9.31. The predicted octanol–water partition coefficient (Wildman–Crippen LogP) is 2.18. The zero-order valence-corrected chi connectivity index (χ0v) is 22.0. The van der Waals surface area contributed by atoms with Crippen molar-refractivity contribution in [3.63, 3.8) is 0 Å². The molecule has 11 heteroatoms. The highest BCUT2D eigenvalue weighted by Crippen LogP contribution is 2.17. The van der Waals surface area contributed by atoms with Gasteiger partial charge < -0.3 is 20.7 Å². The maximum Gasteiger partial charge on any atom is 0.408 e. The molecule has 9 nitrogen and oxygen atoms in total. The molecule has 0 spiro atoms. The minimum atomic E-state index is -3.17. The molecule has 4 N–H and O–H groups in total. The number of alkyl carbamates (subject to hydrolysis) is 1. The molecule has 0 aliphatic heterocycles. The Labute approximate surface area is 193 Å². The first-order valence-corrected chi connectivity index (χ1v) is 11.7. The Morgan fingerprint density at radius 1 is 1.03 bits per heavy atom. The molecule has 0 fully saturated rings. The molecule has 0 heterocycles. The molecular weight excluding hydrogens is 509 g/mol. The first-order chi connectivity index (χ1) is 12.9. The average Bonchev–Trinajstić information content (AvgIpc) is 2.55. The molecule has 174 valence electrons. The quantitative estimate of drug-likeness (QED) is 0.136. The van der Waals surface area contributed by atoms with Crippen LogP contribution in [0.1, 0.15) is 60.8 Å². The van der Waals surface area contributed by atoms with Gasteiger partial charge >= 0.3 is 6.09 Å². The van der Waals surface area contributed by atoms with Crippen LogP contribution in [0.5, 0.6) is 0 Å². The number of guanidine groups is 1. The summed E-state index contributed by atoms with van der Waals surface area (Å²) in [6, 6.07) is 0. The zero-order valence-electron chi connectivity index (χ0n) is 18.8. The van der Waals surface area contributed by atoms with Crippen molar-refractivity contribution in [3.8, 4) is 0 Å². The van der Waals surface area contributed by atoms with Crippen LogP contribution in [0, 0.1) is 0 Å². The van der Waals surface area contributed by atoms with Gasteiger partial charge in [-0.1, -0.05) is 13.8 Å². The molecule has 0 aliphatic rings. The van der Waals surface area contributed by atoms with Crippen molar-refractivity contribution in [3.05, 3.63) is 0 Å². The third kappa shape index (κ3) is 15.7. The van der Waals surface area contributed by atoms with E-state index in [2.05, 4.69) is 25.7 Å². The smallest absolute Gasteiger partial charge is 0.408 e. The first kappa shape index (κ1) is 30.4. The van der Waals surface area contributed by atoms with Gasteiger partial charge in [-0.3, -0.25) is 4.99 Å². The fraction of sp³-hybridized carbons (Fsp3) is 0.889. The number of amides is 1. The van der Waals surface area contributed by atoms with Gasteiger partial charge in [0.05, 0.1) is 18.3 Å². The number of aliphatic imine (C=N–C) groups is 1. The van der Waals surface area contributed by atoms with Gasteiger partial charge in [-0.25, -0.2) is 17.9 Å². The van der Waals surface area contributed by atoms with Crippen molar-refractivity contribution in [1.82, 2.24) is 20.7 Å². The van der Waals surface area contributed by atoms with E-state index in [9.17, 15) is 13.2 Å². The van der Waals surface area contributed by atoms with Crippen LogP contribution in [0.25, 0.3) is 0 Å². The van der Waals surface area contributed by atoms with E-state index < -0.39 is 27.3 Å². The van der Waals surface area contributed by atoms with E-state index >= 15 is 0 Å². The number of halogens is 1. The fourth-order valence-corrected chi connectivity index (χ4v) is 2.85. The zero-order chi connectivity index (χ0) is 21.8. The molecule has 0 saturated carbocycles. The van der Waals surface area contributed by atoms with Gasteiger partial charge in [0.25, 0.3) is 0 Å². The van der Waals surface area contributed by atoms with E-state index in [-0.39, 0.29) is 24.0 Å². The summed E-state index contributed by atoms with van der Waals surface area (Å²) in [4.78, 5) is 16.8. The molecular formula is C18H40IN5O4S. The Morgan fingerprint density at radius 2 is 1.62 bits per heavy atom. The topological polar surface area (TPSA) is 121 Å². The van der Waals surface area contributed by atoms with E-state index in [0.717, 1.165) is 6.26 Å². The Hall–Kier alpha value is -0.820. The number of nitrogens with one attached hydrogen (secondary N) is 4. The van der Waals surface area contributed by atoms with E-state index in [1.54, 1.807) is 0 Å². The van der Waals surface area contributed by atoms with Crippen LogP contribution >= 0.6 is 24.0 Å². The summed E-state index contributed by atoms with van der Waals surface area (Å²) in [6.45, 7) is 13.5. The van der Waals surface area contributed by atoms with Crippen LogP contribution in [-0.4, -0.2) is 64.0 Å². The summed E-state index contributed by atoms with van der Waals surface area (Å²) < 4.78 is 30.0. The summed E-state index contributed by atoms with van der Waals surface area (Å²) >= 11 is 0. The van der Waals surface area contributed by atoms with Gasteiger partial charge in [-0.2, -0.15) is 0 Å². The van der Waals surface area contributed by atoms with Crippen LogP contribution in [0.2, 0.25) is 0 Å². The molecule has 0 aromatic heterocycles. The highest BCUT2D eigenvalue weighted by atomic mass is 127. The molecule has 0 unspecified atom stereocenters. The van der Waals surface area contributed by atoms with Crippen molar-refractivity contribution in [1.29, 1.82) is 0 Å². The van der Waals surface area contributed by atoms with Gasteiger partial charge in [0, 0.05) is 19.6 Å². The SMILES string of the molecule is CCNC(=NCC(CC)(CC)NC(=O)OC(C)(C)C)NCCCNS(C)(=O)=O.I. The van der Waals surface area contributed by atoms with Crippen molar-refractivity contribution in [2.24, 2.45) is 4.99 Å². The number of sulfonamides is 1. The molecule has 29 heavy (non-hydrogen) atoms. The number of nitrogens with zero attached hydrogens (tertiary/aromatic N) is 1. The van der Waals surface area contributed by atoms with Crippen molar-refractivity contribution < 1.29 is 17.9 Å². The number of rotatable bonds is 11. The van der Waals surface area contributed by atoms with Crippen molar-refractivity contribution in [2.75, 3.05) is 32.4 Å². The standard InChI is InChI=1S/C18H39N5O4S.HI/c1-8-18(9-2,23-16(24)27-17(4,5)6)14-21-15(19-10-3)20-12-11-13-22-28(7,25)26;/h22H,8-14H2,1-7H3,(H,23,24)(H2,19,20,21);1H. The lowest BCUT2D eigenvalue weighted by molar-refractivity contribution is 0.0452. The predicted molar refractivity (Wildman–Crippen MR) is 130 cm³/mol. The van der Waals surface area contributed by atoms with Gasteiger partial charge in [-0.05, 0) is 47.0 Å². The lowest BCUT2D eigenvalue weighted by atomic mass is 9.93. The van der Waals surface area contributed by atoms with Crippen LogP contribution < -0.4 is 20.7 Å². The summed E-state index contributed by atoms with van der Waals surface area (Å²) in [6.07, 6.45) is 2.74. The van der Waals surface area contributed by atoms with Gasteiger partial charge in [0.2, 0.25) is 10.0 Å². The highest BCUT2D eigenvalue weighted by Gasteiger charge is 2.30. The van der Waals surface area contributed by atoms with E-state index in [4.69, 9.17) is 4.74 Å². The molecule has 1 amide bonds. The van der Waals surface area contributed by atoms with Gasteiger partial charge in [0.1, 0.15) is 5.60 Å². The van der Waals surface area contributed by atoms with Gasteiger partial charge in [0.15, 0.2) is 5.96 Å². The number of hydrogen-bond donors (Lipinski definition) is 4. The lowest BCUT2D eigenvalue weighted by Crippen LogP contribution is -2.52. The van der Waals surface area contributed by atoms with Crippen LogP contribution in [0.3, 0.4) is 0 Å². The van der Waals surface area contributed by atoms with E-state index in [0.29, 0.717) is 51.4 Å². The molecule has 0 saturated heterocycles. The number of hydrogen-bond acceptors (Lipinski definition) is 5. The Balaban J connectivity index is 0. The van der Waals surface area contributed by atoms with Crippen LogP contribution in [-0.2, 0) is 14.8 Å². The molecule has 0 rings (SSSR count). The maximum atomic E-state index is 12.2. The molecule has 0 aromatic rings. The highest BCUT2D eigenvalue weighted by molar-refractivity contribution is 14.0. The minimum absolute atomic E-state index is 0. The summed E-state index contributed by atoms with van der Waals surface area (Å²) in [5.74, 6) is 0.624. The van der Waals surface area contributed by atoms with Crippen molar-refractivity contribution in [2.45, 2.75) is 71.9 Å². The molecule has 0 bridgehead atoms. The Kier molecular flexibility index (Phi) is 14.9. The fourth-order valence-electron chi connectivity index (χ4n) is 2.33. The third-order valence-electron chi connectivity index (χ3n) is 4.01. The maximum absolute atomic E-state index is 12.2. The van der Waals surface area contributed by atoms with E-state index in [1.165, 1.54) is 0 Å². The molecule has 0 radical (unpaired) electrons. The summed E-state index contributed by atoms with van der Waals surface area (Å²) in [7, 11) is -3.17. The monoisotopic (exact) mass is 549 g/mol. The first-order valence-electron chi connectivity index (χ1n) is 9.84. The number of carbonyl (C=O) groups excluding carboxylic acids is 1. The largest absolute Gasteiger partial charge is 0.444 e. The number of carbonyl (C=O) groups is 1. The third-order valence-corrected chi connectivity index (χ3v) is 4.74. The molecule has 0 atom stereocenters. The lowest BCUT2D eigenvalue weighted by Gasteiger charge is -2.32.